The molecule has 0 atom stereocenters. The minimum atomic E-state index is -0.167. The number of carbonyl (C=O) groups is 2. The molecule has 4 amide bonds. The van der Waals surface area contributed by atoms with E-state index in [4.69, 9.17) is 0 Å². The molecule has 0 aliphatic heterocycles. The first kappa shape index (κ1) is 32.5. The number of halogens is 2. The zero-order valence-electron chi connectivity index (χ0n) is 20.2. The summed E-state index contributed by atoms with van der Waals surface area (Å²) in [6, 6.07) is 18.5. The van der Waals surface area contributed by atoms with Gasteiger partial charge in [-0.15, -0.1) is 24.8 Å². The molecule has 8 nitrogen and oxygen atoms in total. The highest BCUT2D eigenvalue weighted by Crippen LogP contribution is 2.04. The number of unbranched alkanes of at least 4 members (excludes halogenated alkanes) is 2. The van der Waals surface area contributed by atoms with Crippen molar-refractivity contribution in [2.45, 2.75) is 32.1 Å². The number of para-hydroxylation sites is 2. The maximum atomic E-state index is 11.8. The number of rotatable bonds is 16. The highest BCUT2D eigenvalue weighted by molar-refractivity contribution is 5.89. The summed E-state index contributed by atoms with van der Waals surface area (Å²) in [5.41, 5.74) is 1.59. The first-order valence-electron chi connectivity index (χ1n) is 11.9. The van der Waals surface area contributed by atoms with Gasteiger partial charge in [0.05, 0.1) is 0 Å². The number of hydrogen-bond donors (Lipinski definition) is 6. The minimum absolute atomic E-state index is 0. The minimum Gasteiger partial charge on any atom is -0.338 e. The lowest BCUT2D eigenvalue weighted by molar-refractivity contribution is 0.251. The molecule has 0 unspecified atom stereocenters. The predicted molar refractivity (Wildman–Crippen MR) is 150 cm³/mol. The van der Waals surface area contributed by atoms with Crippen LogP contribution in [0.5, 0.6) is 0 Å². The summed E-state index contributed by atoms with van der Waals surface area (Å²) in [6.07, 6.45) is 5.27. The van der Waals surface area contributed by atoms with Crippen LogP contribution >= 0.6 is 24.8 Å². The number of hydrogen-bond acceptors (Lipinski definition) is 4. The van der Waals surface area contributed by atoms with E-state index in [1.807, 2.05) is 60.7 Å². The van der Waals surface area contributed by atoms with Gasteiger partial charge in [-0.2, -0.15) is 0 Å². The number of benzene rings is 2. The Hall–Kier alpha value is -2.52. The largest absolute Gasteiger partial charge is 0.338 e. The fourth-order valence-electron chi connectivity index (χ4n) is 3.15. The van der Waals surface area contributed by atoms with Crippen molar-refractivity contribution >= 4 is 48.3 Å². The van der Waals surface area contributed by atoms with Crippen molar-refractivity contribution in [3.63, 3.8) is 0 Å². The molecule has 10 heteroatoms. The Labute approximate surface area is 221 Å². The van der Waals surface area contributed by atoms with Crippen LogP contribution in [0.2, 0.25) is 0 Å². The van der Waals surface area contributed by atoms with Crippen molar-refractivity contribution in [3.05, 3.63) is 60.7 Å². The van der Waals surface area contributed by atoms with Gasteiger partial charge in [-0.3, -0.25) is 0 Å². The summed E-state index contributed by atoms with van der Waals surface area (Å²) >= 11 is 0. The van der Waals surface area contributed by atoms with Gasteiger partial charge in [-0.05, 0) is 76.1 Å². The van der Waals surface area contributed by atoms with E-state index in [2.05, 4.69) is 31.9 Å². The van der Waals surface area contributed by atoms with E-state index in [1.54, 1.807) is 0 Å². The standard InChI is InChI=1S/C25H38N6O2.2ClH/c32-24(30-22-12-4-1-5-13-22)28-20-10-18-26-16-8-3-9-17-27-19-11-21-29-25(33)31-23-14-6-2-7-15-23;;/h1-2,4-7,12-15,26-27H,3,8-11,16-21H2,(H2,28,30,32)(H2,29,31,33);2*1H. The maximum absolute atomic E-state index is 11.8. The van der Waals surface area contributed by atoms with Crippen LogP contribution in [-0.4, -0.2) is 51.3 Å². The fraction of sp³-hybridized carbons (Fsp3) is 0.440. The zero-order valence-corrected chi connectivity index (χ0v) is 21.8. The Morgan fingerprint density at radius 2 is 0.857 bits per heavy atom. The highest BCUT2D eigenvalue weighted by atomic mass is 35.5. The Morgan fingerprint density at radius 1 is 0.486 bits per heavy atom. The number of anilines is 2. The van der Waals surface area contributed by atoms with E-state index in [0.717, 1.165) is 63.2 Å². The predicted octanol–water partition coefficient (Wildman–Crippen LogP) is 4.60. The van der Waals surface area contributed by atoms with Gasteiger partial charge in [0.2, 0.25) is 0 Å². The number of nitrogens with one attached hydrogen (secondary N) is 6. The summed E-state index contributed by atoms with van der Waals surface area (Å²) in [6.45, 7) is 5.09. The Morgan fingerprint density at radius 3 is 1.26 bits per heavy atom. The van der Waals surface area contributed by atoms with Gasteiger partial charge in [0.1, 0.15) is 0 Å². The summed E-state index contributed by atoms with van der Waals surface area (Å²) < 4.78 is 0. The number of urea groups is 2. The molecule has 0 fully saturated rings. The molecule has 2 rings (SSSR count). The van der Waals surface area contributed by atoms with Crippen molar-refractivity contribution < 1.29 is 9.59 Å². The third kappa shape index (κ3) is 17.6. The molecule has 0 saturated heterocycles. The summed E-state index contributed by atoms with van der Waals surface area (Å²) in [4.78, 5) is 23.5. The van der Waals surface area contributed by atoms with Crippen LogP contribution < -0.4 is 31.9 Å². The van der Waals surface area contributed by atoms with Crippen LogP contribution in [0.25, 0.3) is 0 Å². The molecule has 35 heavy (non-hydrogen) atoms. The van der Waals surface area contributed by atoms with Gasteiger partial charge >= 0.3 is 12.1 Å². The molecule has 6 N–H and O–H groups in total. The molecule has 0 saturated carbocycles. The van der Waals surface area contributed by atoms with Crippen LogP contribution in [0.4, 0.5) is 21.0 Å². The van der Waals surface area contributed by atoms with Crippen LogP contribution in [0.1, 0.15) is 32.1 Å². The molecule has 0 heterocycles. The molecule has 0 bridgehead atoms. The zero-order chi connectivity index (χ0) is 23.4. The molecule has 0 aromatic heterocycles. The van der Waals surface area contributed by atoms with Crippen molar-refractivity contribution in [3.8, 4) is 0 Å². The van der Waals surface area contributed by atoms with Gasteiger partial charge in [-0.1, -0.05) is 42.8 Å². The highest BCUT2D eigenvalue weighted by Gasteiger charge is 2.01. The lowest BCUT2D eigenvalue weighted by Crippen LogP contribution is -2.31. The first-order chi connectivity index (χ1) is 16.2. The topological polar surface area (TPSA) is 106 Å². The summed E-state index contributed by atoms with van der Waals surface area (Å²) in [5, 5.41) is 18.2. The molecule has 0 spiro atoms. The van der Waals surface area contributed by atoms with E-state index in [-0.39, 0.29) is 36.9 Å². The molecule has 2 aromatic rings. The van der Waals surface area contributed by atoms with Crippen LogP contribution in [0, 0.1) is 0 Å². The first-order valence-corrected chi connectivity index (χ1v) is 11.9. The van der Waals surface area contributed by atoms with Gasteiger partial charge in [-0.25, -0.2) is 9.59 Å². The average Bonchev–Trinajstić information content (AvgIpc) is 2.83. The van der Waals surface area contributed by atoms with E-state index in [0.29, 0.717) is 13.1 Å². The molecule has 196 valence electrons. The molecular weight excluding hydrogens is 487 g/mol. The van der Waals surface area contributed by atoms with Crippen molar-refractivity contribution in [1.82, 2.24) is 21.3 Å². The van der Waals surface area contributed by atoms with E-state index in [1.165, 1.54) is 6.42 Å². The maximum Gasteiger partial charge on any atom is 0.319 e. The van der Waals surface area contributed by atoms with E-state index >= 15 is 0 Å². The second kappa shape index (κ2) is 22.0. The molecule has 0 aliphatic carbocycles. The average molecular weight is 528 g/mol. The lowest BCUT2D eigenvalue weighted by Gasteiger charge is -2.09. The Kier molecular flexibility index (Phi) is 20.4. The molecule has 0 radical (unpaired) electrons. The van der Waals surface area contributed by atoms with Gasteiger partial charge in [0, 0.05) is 24.5 Å². The quantitative estimate of drug-likeness (QED) is 0.180. The third-order valence-corrected chi connectivity index (χ3v) is 4.90. The van der Waals surface area contributed by atoms with Gasteiger partial charge in [0.15, 0.2) is 0 Å². The number of carbonyl (C=O) groups excluding carboxylic acids is 2. The second-order valence-electron chi connectivity index (χ2n) is 7.76. The van der Waals surface area contributed by atoms with Gasteiger partial charge < -0.3 is 31.9 Å². The van der Waals surface area contributed by atoms with Crippen molar-refractivity contribution in [1.29, 1.82) is 0 Å². The van der Waals surface area contributed by atoms with E-state index < -0.39 is 0 Å². The van der Waals surface area contributed by atoms with Gasteiger partial charge in [0.25, 0.3) is 0 Å². The monoisotopic (exact) mass is 526 g/mol. The lowest BCUT2D eigenvalue weighted by atomic mass is 10.2. The summed E-state index contributed by atoms with van der Waals surface area (Å²) in [7, 11) is 0. The Bertz CT molecular complexity index is 719. The van der Waals surface area contributed by atoms with Crippen molar-refractivity contribution in [2.75, 3.05) is 49.9 Å². The smallest absolute Gasteiger partial charge is 0.319 e. The van der Waals surface area contributed by atoms with Crippen molar-refractivity contribution in [2.24, 2.45) is 0 Å². The second-order valence-corrected chi connectivity index (χ2v) is 7.76. The van der Waals surface area contributed by atoms with E-state index in [9.17, 15) is 9.59 Å². The molecule has 2 aromatic carbocycles. The third-order valence-electron chi connectivity index (χ3n) is 4.90. The SMILES string of the molecule is Cl.Cl.O=C(NCCCNCCCCCNCCCNC(=O)Nc1ccccc1)Nc1ccccc1. The molecular formula is C25H40Cl2N6O2. The molecule has 0 aliphatic rings. The Balaban J connectivity index is 0.00000578. The number of amides is 4. The normalized spacial score (nSPS) is 9.83. The van der Waals surface area contributed by atoms with Crippen LogP contribution in [-0.2, 0) is 0 Å². The summed E-state index contributed by atoms with van der Waals surface area (Å²) in [5.74, 6) is 0. The van der Waals surface area contributed by atoms with Crippen LogP contribution in [0.15, 0.2) is 60.7 Å². The fourth-order valence-corrected chi connectivity index (χ4v) is 3.15. The van der Waals surface area contributed by atoms with Crippen LogP contribution in [0.3, 0.4) is 0 Å².